The summed E-state index contributed by atoms with van der Waals surface area (Å²) in [4.78, 5) is 7.53. The van der Waals surface area contributed by atoms with Crippen molar-refractivity contribution >= 4 is 29.0 Å². The molecule has 0 bridgehead atoms. The smallest absolute Gasteiger partial charge is 0.223 e. The summed E-state index contributed by atoms with van der Waals surface area (Å²) < 4.78 is 5.15. The number of rotatable bonds is 3. The van der Waals surface area contributed by atoms with Gasteiger partial charge in [-0.2, -0.15) is 0 Å². The molecule has 0 aliphatic heterocycles. The lowest BCUT2D eigenvalue weighted by Crippen LogP contribution is -1.94. The van der Waals surface area contributed by atoms with E-state index in [2.05, 4.69) is 16.5 Å². The normalized spacial score (nSPS) is 9.77. The van der Waals surface area contributed by atoms with Gasteiger partial charge in [-0.3, -0.25) is 0 Å². The summed E-state index contributed by atoms with van der Waals surface area (Å²) in [6, 6.07) is 0. The first kappa shape index (κ1) is 10.3. The average molecular weight is 219 g/mol. The van der Waals surface area contributed by atoms with E-state index in [9.17, 15) is 0 Å². The summed E-state index contributed by atoms with van der Waals surface area (Å²) in [5, 5.41) is 0.358. The molecule has 70 valence electrons. The zero-order valence-electron chi connectivity index (χ0n) is 7.05. The molecule has 0 unspecified atom stereocenters. The minimum atomic E-state index is 0.109. The summed E-state index contributed by atoms with van der Waals surface area (Å²) >= 11 is 11.3. The van der Waals surface area contributed by atoms with Gasteiger partial charge in [-0.1, -0.05) is 18.2 Å². The molecule has 5 heteroatoms. The lowest BCUT2D eigenvalue weighted by molar-refractivity contribution is 0.299. The van der Waals surface area contributed by atoms with Crippen LogP contribution in [-0.4, -0.2) is 16.6 Å². The number of hydrogen-bond donors (Lipinski definition) is 0. The molecular weight excluding hydrogens is 211 g/mol. The molecule has 0 atom stereocenters. The lowest BCUT2D eigenvalue weighted by atomic mass is 10.3. The van der Waals surface area contributed by atoms with E-state index in [0.29, 0.717) is 17.9 Å². The number of halogens is 2. The molecule has 0 aromatic carbocycles. The molecular formula is C8H8Cl2N2O. The summed E-state index contributed by atoms with van der Waals surface area (Å²) in [7, 11) is 0. The maximum Gasteiger partial charge on any atom is 0.223 e. The van der Waals surface area contributed by atoms with Gasteiger partial charge in [0.1, 0.15) is 10.9 Å². The van der Waals surface area contributed by atoms with Gasteiger partial charge in [0.25, 0.3) is 0 Å². The van der Waals surface area contributed by atoms with E-state index in [1.165, 1.54) is 6.20 Å². The Morgan fingerprint density at radius 1 is 1.62 bits per heavy atom. The van der Waals surface area contributed by atoms with Crippen LogP contribution in [0.15, 0.2) is 12.8 Å². The van der Waals surface area contributed by atoms with Crippen molar-refractivity contribution in [1.82, 2.24) is 9.97 Å². The van der Waals surface area contributed by atoms with Crippen molar-refractivity contribution in [3.05, 3.63) is 28.8 Å². The third kappa shape index (κ3) is 2.57. The van der Waals surface area contributed by atoms with Crippen molar-refractivity contribution in [3.8, 4) is 0 Å². The minimum Gasteiger partial charge on any atom is -0.494 e. The second kappa shape index (κ2) is 4.44. The second-order valence-corrected chi connectivity index (χ2v) is 2.90. The summed E-state index contributed by atoms with van der Waals surface area (Å²) in [6.07, 6.45) is 1.48. The third-order valence-corrected chi connectivity index (χ3v) is 1.80. The molecule has 0 radical (unpaired) electrons. The van der Waals surface area contributed by atoms with Gasteiger partial charge in [-0.05, 0) is 18.5 Å². The van der Waals surface area contributed by atoms with Gasteiger partial charge >= 0.3 is 0 Å². The summed E-state index contributed by atoms with van der Waals surface area (Å²) in [6.45, 7) is 6.06. The van der Waals surface area contributed by atoms with E-state index in [1.807, 2.05) is 6.92 Å². The Bertz CT molecular complexity index is 328. The van der Waals surface area contributed by atoms with Crippen molar-refractivity contribution in [1.29, 1.82) is 0 Å². The van der Waals surface area contributed by atoms with Gasteiger partial charge in [0.15, 0.2) is 0 Å². The topological polar surface area (TPSA) is 35.0 Å². The molecule has 1 rings (SSSR count). The highest BCUT2D eigenvalue weighted by atomic mass is 35.5. The maximum atomic E-state index is 5.78. The van der Waals surface area contributed by atoms with Crippen LogP contribution in [0.1, 0.15) is 12.5 Å². The Balaban J connectivity index is 2.95. The molecule has 1 aromatic rings. The van der Waals surface area contributed by atoms with Crippen molar-refractivity contribution in [2.75, 3.05) is 6.61 Å². The van der Waals surface area contributed by atoms with E-state index in [0.717, 1.165) is 0 Å². The van der Waals surface area contributed by atoms with E-state index < -0.39 is 0 Å². The Morgan fingerprint density at radius 3 is 2.85 bits per heavy atom. The van der Waals surface area contributed by atoms with Crippen LogP contribution in [0, 0.1) is 0 Å². The van der Waals surface area contributed by atoms with Gasteiger partial charge in [0.05, 0.1) is 12.2 Å². The van der Waals surface area contributed by atoms with Crippen LogP contribution < -0.4 is 0 Å². The predicted molar refractivity (Wildman–Crippen MR) is 52.7 cm³/mol. The quantitative estimate of drug-likeness (QED) is 0.445. The molecule has 1 heterocycles. The lowest BCUT2D eigenvalue weighted by Gasteiger charge is -2.06. The van der Waals surface area contributed by atoms with Crippen LogP contribution in [0.4, 0.5) is 0 Å². The molecule has 0 spiro atoms. The Labute approximate surface area is 86.4 Å². The van der Waals surface area contributed by atoms with E-state index in [-0.39, 0.29) is 10.4 Å². The zero-order chi connectivity index (χ0) is 9.84. The van der Waals surface area contributed by atoms with E-state index >= 15 is 0 Å². The van der Waals surface area contributed by atoms with Crippen LogP contribution in [0.3, 0.4) is 0 Å². The van der Waals surface area contributed by atoms with Gasteiger partial charge in [0.2, 0.25) is 5.28 Å². The Morgan fingerprint density at radius 2 is 2.31 bits per heavy atom. The first-order valence-corrected chi connectivity index (χ1v) is 4.41. The first-order chi connectivity index (χ1) is 6.15. The molecule has 0 fully saturated rings. The van der Waals surface area contributed by atoms with Gasteiger partial charge in [0, 0.05) is 6.20 Å². The minimum absolute atomic E-state index is 0.109. The van der Waals surface area contributed by atoms with Crippen molar-refractivity contribution in [2.45, 2.75) is 6.92 Å². The Hall–Kier alpha value is -0.800. The van der Waals surface area contributed by atoms with Crippen LogP contribution in [0.25, 0.3) is 5.76 Å². The fourth-order valence-electron chi connectivity index (χ4n) is 0.780. The predicted octanol–water partition coefficient (Wildman–Crippen LogP) is 2.79. The fraction of sp³-hybridized carbons (Fsp3) is 0.250. The number of nitrogens with zero attached hydrogens (tertiary/aromatic N) is 2. The molecule has 0 saturated carbocycles. The zero-order valence-corrected chi connectivity index (χ0v) is 8.56. The molecule has 0 aliphatic rings. The standard InChI is InChI=1S/C8H8Cl2N2O/c1-3-13-5(2)6-4-11-8(10)12-7(6)9/h4H,2-3H2,1H3. The largest absolute Gasteiger partial charge is 0.494 e. The average Bonchev–Trinajstić information content (AvgIpc) is 2.04. The summed E-state index contributed by atoms with van der Waals surface area (Å²) in [5.74, 6) is 0.448. The van der Waals surface area contributed by atoms with Gasteiger partial charge in [-0.15, -0.1) is 0 Å². The molecule has 0 saturated heterocycles. The highest BCUT2D eigenvalue weighted by Crippen LogP contribution is 2.21. The highest BCUT2D eigenvalue weighted by Gasteiger charge is 2.07. The number of ether oxygens (including phenoxy) is 1. The van der Waals surface area contributed by atoms with Crippen LogP contribution >= 0.6 is 23.2 Å². The third-order valence-electron chi connectivity index (χ3n) is 1.33. The molecule has 0 amide bonds. The first-order valence-electron chi connectivity index (χ1n) is 3.65. The van der Waals surface area contributed by atoms with E-state index in [1.54, 1.807) is 0 Å². The van der Waals surface area contributed by atoms with Gasteiger partial charge < -0.3 is 4.74 Å². The Kier molecular flexibility index (Phi) is 3.51. The SMILES string of the molecule is C=C(OCC)c1cnc(Cl)nc1Cl. The van der Waals surface area contributed by atoms with Crippen LogP contribution in [-0.2, 0) is 4.74 Å². The molecule has 1 aromatic heterocycles. The molecule has 0 N–H and O–H groups in total. The van der Waals surface area contributed by atoms with Crippen molar-refractivity contribution in [3.63, 3.8) is 0 Å². The maximum absolute atomic E-state index is 5.78. The highest BCUT2D eigenvalue weighted by molar-refractivity contribution is 6.32. The molecule has 3 nitrogen and oxygen atoms in total. The van der Waals surface area contributed by atoms with Gasteiger partial charge in [-0.25, -0.2) is 9.97 Å². The van der Waals surface area contributed by atoms with E-state index in [4.69, 9.17) is 27.9 Å². The summed E-state index contributed by atoms with van der Waals surface area (Å²) in [5.41, 5.74) is 0.563. The number of hydrogen-bond acceptors (Lipinski definition) is 3. The number of aromatic nitrogens is 2. The monoisotopic (exact) mass is 218 g/mol. The van der Waals surface area contributed by atoms with Crippen LogP contribution in [0.5, 0.6) is 0 Å². The van der Waals surface area contributed by atoms with Crippen molar-refractivity contribution in [2.24, 2.45) is 0 Å². The second-order valence-electron chi connectivity index (χ2n) is 2.20. The molecule has 0 aliphatic carbocycles. The fourth-order valence-corrected chi connectivity index (χ4v) is 1.19. The van der Waals surface area contributed by atoms with Crippen molar-refractivity contribution < 1.29 is 4.74 Å². The van der Waals surface area contributed by atoms with Crippen LogP contribution in [0.2, 0.25) is 10.4 Å². The molecule has 13 heavy (non-hydrogen) atoms.